The van der Waals surface area contributed by atoms with Crippen LogP contribution in [0.15, 0.2) is 0 Å². The molecule has 2 atom stereocenters. The van der Waals surface area contributed by atoms with E-state index in [4.69, 9.17) is 15.2 Å². The van der Waals surface area contributed by atoms with Crippen LogP contribution in [0.5, 0.6) is 0 Å². The second-order valence-corrected chi connectivity index (χ2v) is 4.83. The largest absolute Gasteiger partial charge is 0.380 e. The molecule has 5 nitrogen and oxygen atoms in total. The lowest BCUT2D eigenvalue weighted by atomic mass is 9.88. The summed E-state index contributed by atoms with van der Waals surface area (Å²) >= 11 is 0. The number of rotatable bonds is 3. The molecule has 2 rings (SSSR count). The highest BCUT2D eigenvalue weighted by Crippen LogP contribution is 2.25. The Balaban J connectivity index is 1.76. The molecule has 5 heteroatoms. The van der Waals surface area contributed by atoms with Crippen molar-refractivity contribution in [2.24, 2.45) is 17.1 Å². The number of nitrogens with two attached hydrogens (primary N) is 1. The van der Waals surface area contributed by atoms with E-state index >= 15 is 0 Å². The maximum atomic E-state index is 11.7. The molecule has 0 aliphatic carbocycles. The Morgan fingerprint density at radius 3 is 2.67 bits per heavy atom. The van der Waals surface area contributed by atoms with Gasteiger partial charge in [0.25, 0.3) is 0 Å². The Morgan fingerprint density at radius 1 is 1.47 bits per heavy atom. The number of nitrogens with one attached hydrogen (secondary N) is 1. The van der Waals surface area contributed by atoms with Gasteiger partial charge in [-0.3, -0.25) is 4.79 Å². The number of ether oxygens (including phenoxy) is 2. The Hall–Kier alpha value is -0.650. The van der Waals surface area contributed by atoms with E-state index in [1.807, 2.05) is 0 Å². The van der Waals surface area contributed by atoms with Gasteiger partial charge in [-0.05, 0) is 0 Å². The van der Waals surface area contributed by atoms with Gasteiger partial charge in [-0.25, -0.2) is 0 Å². The van der Waals surface area contributed by atoms with Crippen molar-refractivity contribution in [1.82, 2.24) is 5.32 Å². The number of amides is 1. The molecule has 15 heavy (non-hydrogen) atoms. The van der Waals surface area contributed by atoms with Crippen molar-refractivity contribution in [3.05, 3.63) is 0 Å². The summed E-state index contributed by atoms with van der Waals surface area (Å²) < 4.78 is 10.3. The summed E-state index contributed by atoms with van der Waals surface area (Å²) in [5.41, 5.74) is 5.87. The summed E-state index contributed by atoms with van der Waals surface area (Å²) in [6.07, 6.45) is 0. The van der Waals surface area contributed by atoms with Crippen molar-refractivity contribution < 1.29 is 14.3 Å². The third kappa shape index (κ3) is 2.30. The minimum absolute atomic E-state index is 0.00752. The van der Waals surface area contributed by atoms with Gasteiger partial charge in [0.05, 0.1) is 32.3 Å². The minimum atomic E-state index is -0.186. The maximum absolute atomic E-state index is 11.7. The highest BCUT2D eigenvalue weighted by Gasteiger charge is 2.36. The number of hydrogen-bond donors (Lipinski definition) is 2. The van der Waals surface area contributed by atoms with Gasteiger partial charge in [-0.15, -0.1) is 0 Å². The van der Waals surface area contributed by atoms with Crippen LogP contribution >= 0.6 is 0 Å². The van der Waals surface area contributed by atoms with Gasteiger partial charge in [0.15, 0.2) is 0 Å². The van der Waals surface area contributed by atoms with Crippen LogP contribution in [0.25, 0.3) is 0 Å². The lowest BCUT2D eigenvalue weighted by molar-refractivity contribution is -0.130. The zero-order valence-corrected chi connectivity index (χ0v) is 8.99. The summed E-state index contributed by atoms with van der Waals surface area (Å²) in [4.78, 5) is 11.7. The third-order valence-corrected chi connectivity index (χ3v) is 3.05. The molecule has 2 saturated heterocycles. The zero-order chi connectivity index (χ0) is 10.9. The quantitative estimate of drug-likeness (QED) is 0.639. The van der Waals surface area contributed by atoms with E-state index in [0.29, 0.717) is 19.8 Å². The molecule has 2 heterocycles. The van der Waals surface area contributed by atoms with Crippen molar-refractivity contribution in [3.8, 4) is 0 Å². The van der Waals surface area contributed by atoms with Crippen LogP contribution in [-0.2, 0) is 14.3 Å². The van der Waals surface area contributed by atoms with E-state index in [0.717, 1.165) is 13.2 Å². The summed E-state index contributed by atoms with van der Waals surface area (Å²) in [5, 5.41) is 2.92. The van der Waals surface area contributed by atoms with Crippen molar-refractivity contribution in [3.63, 3.8) is 0 Å². The number of carbonyl (C=O) groups is 1. The van der Waals surface area contributed by atoms with Crippen LogP contribution in [0.4, 0.5) is 0 Å². The lowest BCUT2D eigenvalue weighted by Gasteiger charge is -2.38. The van der Waals surface area contributed by atoms with Crippen molar-refractivity contribution in [1.29, 1.82) is 0 Å². The minimum Gasteiger partial charge on any atom is -0.380 e. The lowest BCUT2D eigenvalue weighted by Crippen LogP contribution is -2.51. The van der Waals surface area contributed by atoms with E-state index in [2.05, 4.69) is 12.2 Å². The molecule has 2 unspecified atom stereocenters. The molecular formula is C10H18N2O3. The van der Waals surface area contributed by atoms with E-state index in [-0.39, 0.29) is 23.3 Å². The highest BCUT2D eigenvalue weighted by molar-refractivity contribution is 5.79. The standard InChI is InChI=1S/C10H18N2O3/c1-10(5-15-6-10)4-12-9(13)7-2-14-3-8(7)11/h7-8H,2-6,11H2,1H3,(H,12,13). The van der Waals surface area contributed by atoms with Gasteiger partial charge in [0.1, 0.15) is 0 Å². The van der Waals surface area contributed by atoms with Gasteiger partial charge < -0.3 is 20.5 Å². The van der Waals surface area contributed by atoms with Crippen LogP contribution in [0.3, 0.4) is 0 Å². The Bertz CT molecular complexity index is 253. The molecule has 0 radical (unpaired) electrons. The first-order valence-corrected chi connectivity index (χ1v) is 5.29. The fourth-order valence-corrected chi connectivity index (χ4v) is 1.83. The second-order valence-electron chi connectivity index (χ2n) is 4.83. The van der Waals surface area contributed by atoms with E-state index < -0.39 is 0 Å². The molecule has 86 valence electrons. The van der Waals surface area contributed by atoms with Crippen molar-refractivity contribution in [2.45, 2.75) is 13.0 Å². The maximum Gasteiger partial charge on any atom is 0.227 e. The highest BCUT2D eigenvalue weighted by atomic mass is 16.5. The third-order valence-electron chi connectivity index (χ3n) is 3.05. The first kappa shape index (κ1) is 10.9. The normalized spacial score (nSPS) is 33.5. The van der Waals surface area contributed by atoms with E-state index in [9.17, 15) is 4.79 Å². The Morgan fingerprint density at radius 2 is 2.20 bits per heavy atom. The van der Waals surface area contributed by atoms with E-state index in [1.165, 1.54) is 0 Å². The van der Waals surface area contributed by atoms with Gasteiger partial charge in [0, 0.05) is 18.0 Å². The molecule has 0 aromatic rings. The Kier molecular flexibility index (Phi) is 2.95. The predicted octanol–water partition coefficient (Wildman–Crippen LogP) is -0.887. The molecule has 1 amide bonds. The molecule has 0 aromatic carbocycles. The van der Waals surface area contributed by atoms with Gasteiger partial charge in [-0.1, -0.05) is 6.92 Å². The van der Waals surface area contributed by atoms with E-state index in [1.54, 1.807) is 0 Å². The molecule has 2 fully saturated rings. The summed E-state index contributed by atoms with van der Waals surface area (Å²) in [5.74, 6) is -0.178. The van der Waals surface area contributed by atoms with Crippen molar-refractivity contribution >= 4 is 5.91 Å². The van der Waals surface area contributed by atoms with Gasteiger partial charge in [0.2, 0.25) is 5.91 Å². The predicted molar refractivity (Wildman–Crippen MR) is 54.2 cm³/mol. The zero-order valence-electron chi connectivity index (χ0n) is 8.99. The fraction of sp³-hybridized carbons (Fsp3) is 0.900. The van der Waals surface area contributed by atoms with Crippen LogP contribution in [0.1, 0.15) is 6.92 Å². The summed E-state index contributed by atoms with van der Waals surface area (Å²) in [6.45, 7) is 5.14. The average Bonchev–Trinajstić information content (AvgIpc) is 2.58. The second kappa shape index (κ2) is 4.08. The molecule has 0 spiro atoms. The molecule has 3 N–H and O–H groups in total. The van der Waals surface area contributed by atoms with Crippen LogP contribution in [0.2, 0.25) is 0 Å². The average molecular weight is 214 g/mol. The first-order chi connectivity index (χ1) is 7.11. The SMILES string of the molecule is CC1(CNC(=O)C2COCC2N)COC1. The summed E-state index contributed by atoms with van der Waals surface area (Å²) in [7, 11) is 0. The van der Waals surface area contributed by atoms with Crippen LogP contribution in [0, 0.1) is 11.3 Å². The fourth-order valence-electron chi connectivity index (χ4n) is 1.83. The summed E-state index contributed by atoms with van der Waals surface area (Å²) in [6, 6.07) is -0.157. The molecule has 2 aliphatic heterocycles. The molecular weight excluding hydrogens is 196 g/mol. The Labute approximate surface area is 89.3 Å². The van der Waals surface area contributed by atoms with Gasteiger partial charge in [-0.2, -0.15) is 0 Å². The van der Waals surface area contributed by atoms with Gasteiger partial charge >= 0.3 is 0 Å². The van der Waals surface area contributed by atoms with Crippen molar-refractivity contribution in [2.75, 3.05) is 33.0 Å². The van der Waals surface area contributed by atoms with Crippen LogP contribution < -0.4 is 11.1 Å². The smallest absolute Gasteiger partial charge is 0.227 e. The number of carbonyl (C=O) groups excluding carboxylic acids is 1. The molecule has 0 bridgehead atoms. The monoisotopic (exact) mass is 214 g/mol. The number of hydrogen-bond acceptors (Lipinski definition) is 4. The molecule has 0 saturated carbocycles. The first-order valence-electron chi connectivity index (χ1n) is 5.29. The van der Waals surface area contributed by atoms with Crippen LogP contribution in [-0.4, -0.2) is 44.9 Å². The molecule has 0 aromatic heterocycles. The molecule has 2 aliphatic rings. The topological polar surface area (TPSA) is 73.6 Å².